The molecule has 0 saturated carbocycles. The molecule has 0 radical (unpaired) electrons. The van der Waals surface area contributed by atoms with Crippen molar-refractivity contribution >= 4 is 38.6 Å². The van der Waals surface area contributed by atoms with Gasteiger partial charge in [-0.15, -0.1) is 11.6 Å². The number of alkyl halides is 1. The summed E-state index contributed by atoms with van der Waals surface area (Å²) in [6, 6.07) is 6.88. The van der Waals surface area contributed by atoms with Gasteiger partial charge in [0.1, 0.15) is 5.82 Å². The van der Waals surface area contributed by atoms with E-state index in [1.54, 1.807) is 0 Å². The Hall–Kier alpha value is -0.580. The first-order valence-electron chi connectivity index (χ1n) is 7.47. The lowest BCUT2D eigenvalue weighted by Crippen LogP contribution is -2.31. The van der Waals surface area contributed by atoms with E-state index in [1.807, 2.05) is 0 Å². The second kappa shape index (κ2) is 7.61. The van der Waals surface area contributed by atoms with Crippen LogP contribution in [0.3, 0.4) is 0 Å². The smallest absolute Gasteiger partial charge is 0.111 e. The number of likely N-dealkylation sites (N-methyl/N-ethyl adjacent to an activating group) is 1. The van der Waals surface area contributed by atoms with E-state index in [9.17, 15) is 0 Å². The molecule has 5 heteroatoms. The minimum Gasteiger partial charge on any atom is -0.327 e. The van der Waals surface area contributed by atoms with Crippen molar-refractivity contribution in [2.24, 2.45) is 0 Å². The molecule has 0 N–H and O–H groups in total. The lowest BCUT2D eigenvalue weighted by Gasteiger charge is -2.24. The molecule has 21 heavy (non-hydrogen) atoms. The summed E-state index contributed by atoms with van der Waals surface area (Å²) >= 11 is 9.44. The summed E-state index contributed by atoms with van der Waals surface area (Å²) in [5.74, 6) is 1.68. The molecule has 3 nitrogen and oxygen atoms in total. The molecule has 0 amide bonds. The highest BCUT2D eigenvalue weighted by atomic mass is 79.9. The van der Waals surface area contributed by atoms with Crippen molar-refractivity contribution in [2.75, 3.05) is 19.5 Å². The van der Waals surface area contributed by atoms with Gasteiger partial charge in [-0.3, -0.25) is 0 Å². The molecular weight excluding hydrogens is 350 g/mol. The summed E-state index contributed by atoms with van der Waals surface area (Å²) in [7, 11) is 2.19. The van der Waals surface area contributed by atoms with Crippen LogP contribution in [0.1, 0.15) is 26.1 Å². The molecule has 0 spiro atoms. The van der Waals surface area contributed by atoms with E-state index < -0.39 is 0 Å². The number of fused-ring (bicyclic) bond motifs is 1. The monoisotopic (exact) mass is 371 g/mol. The fourth-order valence-corrected chi connectivity index (χ4v) is 2.99. The number of halogens is 2. The van der Waals surface area contributed by atoms with Crippen LogP contribution in [0, 0.1) is 0 Å². The van der Waals surface area contributed by atoms with Gasteiger partial charge in [0.05, 0.1) is 11.0 Å². The zero-order valence-electron chi connectivity index (χ0n) is 12.9. The fraction of sp³-hybridized carbons (Fsp3) is 0.562. The average Bonchev–Trinajstić information content (AvgIpc) is 2.80. The van der Waals surface area contributed by atoms with Crippen molar-refractivity contribution in [2.45, 2.75) is 39.3 Å². The molecule has 1 unspecified atom stereocenters. The number of aryl methyl sites for hydroxylation is 1. The standard InChI is InChI=1S/C16H23BrClN3/c1-4-12(2)20(3)9-10-21-15-6-5-13(17)11-14(15)19-16(21)7-8-18/h5-6,11-12H,4,7-10H2,1-3H3. The normalized spacial score (nSPS) is 13.2. The van der Waals surface area contributed by atoms with Crippen LogP contribution in [0.15, 0.2) is 22.7 Å². The Morgan fingerprint density at radius 3 is 2.86 bits per heavy atom. The van der Waals surface area contributed by atoms with Gasteiger partial charge in [-0.05, 0) is 38.6 Å². The van der Waals surface area contributed by atoms with E-state index in [4.69, 9.17) is 16.6 Å². The van der Waals surface area contributed by atoms with Crippen LogP contribution in [0.2, 0.25) is 0 Å². The summed E-state index contributed by atoms with van der Waals surface area (Å²) in [6.07, 6.45) is 1.98. The molecule has 2 rings (SSSR count). The minimum absolute atomic E-state index is 0.602. The molecule has 0 fully saturated rings. The average molecular weight is 373 g/mol. The molecule has 116 valence electrons. The molecule has 2 aromatic rings. The molecular formula is C16H23BrClN3. The van der Waals surface area contributed by atoms with E-state index >= 15 is 0 Å². The summed E-state index contributed by atoms with van der Waals surface area (Å²) in [5, 5.41) is 0. The van der Waals surface area contributed by atoms with E-state index in [2.05, 4.69) is 64.5 Å². The first-order valence-corrected chi connectivity index (χ1v) is 8.80. The van der Waals surface area contributed by atoms with Gasteiger partial charge < -0.3 is 9.47 Å². The number of rotatable bonds is 7. The van der Waals surface area contributed by atoms with Crippen LogP contribution in [0.5, 0.6) is 0 Å². The van der Waals surface area contributed by atoms with Gasteiger partial charge in [-0.25, -0.2) is 4.98 Å². The number of benzene rings is 1. The van der Waals surface area contributed by atoms with E-state index in [0.717, 1.165) is 35.3 Å². The number of nitrogens with zero attached hydrogens (tertiary/aromatic N) is 3. The van der Waals surface area contributed by atoms with Gasteiger partial charge >= 0.3 is 0 Å². The molecule has 0 bridgehead atoms. The van der Waals surface area contributed by atoms with Crippen molar-refractivity contribution < 1.29 is 0 Å². The van der Waals surface area contributed by atoms with Crippen LogP contribution < -0.4 is 0 Å². The topological polar surface area (TPSA) is 21.1 Å². The molecule has 1 aromatic carbocycles. The summed E-state index contributed by atoms with van der Waals surface area (Å²) in [6.45, 7) is 6.46. The maximum atomic E-state index is 5.93. The lowest BCUT2D eigenvalue weighted by molar-refractivity contribution is 0.242. The number of aromatic nitrogens is 2. The third-order valence-corrected chi connectivity index (χ3v) is 4.81. The third kappa shape index (κ3) is 3.99. The molecule has 0 aliphatic heterocycles. The molecule has 0 aliphatic carbocycles. The van der Waals surface area contributed by atoms with Gasteiger partial charge in [0, 0.05) is 35.9 Å². The minimum atomic E-state index is 0.602. The Balaban J connectivity index is 2.25. The number of hydrogen-bond acceptors (Lipinski definition) is 2. The highest BCUT2D eigenvalue weighted by Crippen LogP contribution is 2.21. The first-order chi connectivity index (χ1) is 10.1. The SMILES string of the molecule is CCC(C)N(C)CCn1c(CCCl)nc2cc(Br)ccc21. The van der Waals surface area contributed by atoms with E-state index in [1.165, 1.54) is 11.9 Å². The Bertz CT molecular complexity index is 596. The van der Waals surface area contributed by atoms with Gasteiger partial charge in [0.2, 0.25) is 0 Å². The van der Waals surface area contributed by atoms with Crippen LogP contribution in [0.25, 0.3) is 11.0 Å². The van der Waals surface area contributed by atoms with E-state index in [0.29, 0.717) is 11.9 Å². The molecule has 1 atom stereocenters. The van der Waals surface area contributed by atoms with Crippen LogP contribution >= 0.6 is 27.5 Å². The van der Waals surface area contributed by atoms with Gasteiger partial charge in [0.25, 0.3) is 0 Å². The Kier molecular flexibility index (Phi) is 6.08. The van der Waals surface area contributed by atoms with Crippen molar-refractivity contribution in [3.63, 3.8) is 0 Å². The zero-order chi connectivity index (χ0) is 15.4. The predicted molar refractivity (Wildman–Crippen MR) is 94.2 cm³/mol. The number of hydrogen-bond donors (Lipinski definition) is 0. The fourth-order valence-electron chi connectivity index (χ4n) is 2.47. The van der Waals surface area contributed by atoms with Crippen molar-refractivity contribution in [3.05, 3.63) is 28.5 Å². The maximum Gasteiger partial charge on any atom is 0.111 e. The largest absolute Gasteiger partial charge is 0.327 e. The molecule has 0 aliphatic rings. The van der Waals surface area contributed by atoms with Gasteiger partial charge in [0.15, 0.2) is 0 Å². The predicted octanol–water partition coefficient (Wildman–Crippen LogP) is 4.31. The Labute approximate surface area is 140 Å². The molecule has 1 aromatic heterocycles. The summed E-state index contributed by atoms with van der Waals surface area (Å²) in [4.78, 5) is 7.13. The van der Waals surface area contributed by atoms with Crippen molar-refractivity contribution in [1.29, 1.82) is 0 Å². The van der Waals surface area contributed by atoms with Crippen molar-refractivity contribution in [1.82, 2.24) is 14.5 Å². The number of imidazole rings is 1. The van der Waals surface area contributed by atoms with E-state index in [-0.39, 0.29) is 0 Å². The quantitative estimate of drug-likeness (QED) is 0.675. The highest BCUT2D eigenvalue weighted by molar-refractivity contribution is 9.10. The van der Waals surface area contributed by atoms with Crippen LogP contribution in [0.4, 0.5) is 0 Å². The summed E-state index contributed by atoms with van der Waals surface area (Å²) in [5.41, 5.74) is 2.23. The Morgan fingerprint density at radius 2 is 2.19 bits per heavy atom. The molecule has 0 saturated heterocycles. The zero-order valence-corrected chi connectivity index (χ0v) is 15.3. The van der Waals surface area contributed by atoms with Crippen LogP contribution in [-0.4, -0.2) is 40.0 Å². The highest BCUT2D eigenvalue weighted by Gasteiger charge is 2.12. The second-order valence-electron chi connectivity index (χ2n) is 5.49. The molecule has 1 heterocycles. The van der Waals surface area contributed by atoms with Gasteiger partial charge in [-0.1, -0.05) is 22.9 Å². The third-order valence-electron chi connectivity index (χ3n) is 4.13. The Morgan fingerprint density at radius 1 is 1.43 bits per heavy atom. The van der Waals surface area contributed by atoms with Gasteiger partial charge in [-0.2, -0.15) is 0 Å². The second-order valence-corrected chi connectivity index (χ2v) is 6.78. The first kappa shape index (κ1) is 16.8. The summed E-state index contributed by atoms with van der Waals surface area (Å²) < 4.78 is 3.37. The lowest BCUT2D eigenvalue weighted by atomic mass is 10.2. The van der Waals surface area contributed by atoms with Crippen molar-refractivity contribution in [3.8, 4) is 0 Å². The maximum absolute atomic E-state index is 5.93. The van der Waals surface area contributed by atoms with Crippen LogP contribution in [-0.2, 0) is 13.0 Å².